The Morgan fingerprint density at radius 1 is 1.56 bits per heavy atom. The molecular weight excluding hydrogens is 258 g/mol. The minimum Gasteiger partial charge on any atom is -0.395 e. The van der Waals surface area contributed by atoms with Crippen molar-refractivity contribution < 1.29 is 13.5 Å². The first-order valence-corrected chi connectivity index (χ1v) is 7.29. The number of rotatable bonds is 5. The summed E-state index contributed by atoms with van der Waals surface area (Å²) in [5.74, 6) is 0.455. The molecule has 1 unspecified atom stereocenters. The van der Waals surface area contributed by atoms with Crippen LogP contribution in [-0.2, 0) is 16.8 Å². The van der Waals surface area contributed by atoms with Gasteiger partial charge in [0.2, 0.25) is 0 Å². The maximum absolute atomic E-state index is 12.1. The van der Waals surface area contributed by atoms with E-state index >= 15 is 0 Å². The highest BCUT2D eigenvalue weighted by Crippen LogP contribution is 2.19. The van der Waals surface area contributed by atoms with Crippen molar-refractivity contribution in [1.29, 1.82) is 0 Å². The zero-order valence-corrected chi connectivity index (χ0v) is 10.7. The van der Waals surface area contributed by atoms with E-state index in [0.29, 0.717) is 18.8 Å². The highest BCUT2D eigenvalue weighted by molar-refractivity contribution is 7.87. The van der Waals surface area contributed by atoms with Gasteiger partial charge in [0, 0.05) is 12.6 Å². The van der Waals surface area contributed by atoms with E-state index in [1.54, 1.807) is 0 Å². The van der Waals surface area contributed by atoms with Crippen molar-refractivity contribution >= 4 is 10.2 Å². The Kier molecular flexibility index (Phi) is 4.27. The fourth-order valence-corrected chi connectivity index (χ4v) is 3.45. The summed E-state index contributed by atoms with van der Waals surface area (Å²) in [5, 5.41) is 15.4. The van der Waals surface area contributed by atoms with Gasteiger partial charge >= 0.3 is 0 Å². The van der Waals surface area contributed by atoms with Crippen LogP contribution in [0.15, 0.2) is 6.33 Å². The normalized spacial score (nSPS) is 22.2. The largest absolute Gasteiger partial charge is 0.395 e. The molecule has 0 aliphatic carbocycles. The van der Waals surface area contributed by atoms with Crippen LogP contribution in [0.3, 0.4) is 0 Å². The fraction of sp³-hybridized carbons (Fsp3) is 0.778. The summed E-state index contributed by atoms with van der Waals surface area (Å²) in [4.78, 5) is 3.84. The second kappa shape index (κ2) is 5.74. The quantitative estimate of drug-likeness (QED) is 0.637. The van der Waals surface area contributed by atoms with E-state index in [0.717, 1.165) is 12.8 Å². The van der Waals surface area contributed by atoms with Gasteiger partial charge in [0.05, 0.1) is 13.2 Å². The molecule has 1 fully saturated rings. The van der Waals surface area contributed by atoms with Gasteiger partial charge in [-0.25, -0.2) is 4.98 Å². The first-order chi connectivity index (χ1) is 8.63. The molecule has 1 aromatic heterocycles. The Bertz CT molecular complexity index is 461. The number of aromatic nitrogens is 3. The average Bonchev–Trinajstić information content (AvgIpc) is 2.89. The van der Waals surface area contributed by atoms with Crippen LogP contribution in [0.1, 0.15) is 25.1 Å². The van der Waals surface area contributed by atoms with E-state index in [4.69, 9.17) is 0 Å². The maximum Gasteiger partial charge on any atom is 0.280 e. The molecule has 2 rings (SSSR count). The van der Waals surface area contributed by atoms with Gasteiger partial charge in [0.25, 0.3) is 10.2 Å². The van der Waals surface area contributed by atoms with Crippen molar-refractivity contribution in [3.8, 4) is 0 Å². The lowest BCUT2D eigenvalue weighted by Gasteiger charge is -2.33. The van der Waals surface area contributed by atoms with Gasteiger partial charge in [0.15, 0.2) is 0 Å². The third-order valence-electron chi connectivity index (χ3n) is 2.98. The monoisotopic (exact) mass is 275 g/mol. The van der Waals surface area contributed by atoms with Crippen LogP contribution in [0.2, 0.25) is 0 Å². The van der Waals surface area contributed by atoms with Gasteiger partial charge in [-0.05, 0) is 12.8 Å². The molecule has 102 valence electrons. The van der Waals surface area contributed by atoms with Gasteiger partial charge in [-0.1, -0.05) is 6.42 Å². The number of aliphatic hydroxyl groups excluding tert-OH is 1. The standard InChI is InChI=1S/C9H17N5O3S/c15-6-8-3-1-2-4-14(8)18(16,17)12-5-9-10-7-11-13-9/h7-8,12,15H,1-6H2,(H,10,11,13). The van der Waals surface area contributed by atoms with E-state index in [1.165, 1.54) is 10.6 Å². The van der Waals surface area contributed by atoms with Crippen LogP contribution in [-0.4, -0.2) is 52.2 Å². The lowest BCUT2D eigenvalue weighted by molar-refractivity contribution is 0.154. The lowest BCUT2D eigenvalue weighted by atomic mass is 10.1. The van der Waals surface area contributed by atoms with Crippen molar-refractivity contribution in [2.45, 2.75) is 31.8 Å². The van der Waals surface area contributed by atoms with E-state index < -0.39 is 10.2 Å². The number of nitrogens with zero attached hydrogens (tertiary/aromatic N) is 3. The second-order valence-corrected chi connectivity index (χ2v) is 5.91. The minimum absolute atomic E-state index is 0.0665. The van der Waals surface area contributed by atoms with E-state index in [2.05, 4.69) is 19.9 Å². The molecular formula is C9H17N5O3S. The molecule has 0 aromatic carbocycles. The van der Waals surface area contributed by atoms with Crippen molar-refractivity contribution in [3.05, 3.63) is 12.2 Å². The summed E-state index contributed by atoms with van der Waals surface area (Å²) >= 11 is 0. The minimum atomic E-state index is -3.59. The van der Waals surface area contributed by atoms with Crippen LogP contribution in [0, 0.1) is 0 Å². The van der Waals surface area contributed by atoms with Gasteiger partial charge < -0.3 is 5.11 Å². The number of aromatic amines is 1. The Balaban J connectivity index is 2.00. The van der Waals surface area contributed by atoms with Crippen molar-refractivity contribution in [2.75, 3.05) is 13.2 Å². The van der Waals surface area contributed by atoms with Gasteiger partial charge in [-0.3, -0.25) is 5.10 Å². The van der Waals surface area contributed by atoms with E-state index in [-0.39, 0.29) is 19.2 Å². The zero-order chi connectivity index (χ0) is 13.0. The Morgan fingerprint density at radius 3 is 3.06 bits per heavy atom. The molecule has 0 saturated carbocycles. The summed E-state index contributed by atoms with van der Waals surface area (Å²) < 4.78 is 28.0. The lowest BCUT2D eigenvalue weighted by Crippen LogP contribution is -2.50. The third-order valence-corrected chi connectivity index (χ3v) is 4.59. The molecule has 0 radical (unpaired) electrons. The number of piperidine rings is 1. The molecule has 1 aromatic rings. The smallest absolute Gasteiger partial charge is 0.280 e. The number of H-pyrrole nitrogens is 1. The van der Waals surface area contributed by atoms with Crippen LogP contribution >= 0.6 is 0 Å². The second-order valence-electron chi connectivity index (χ2n) is 4.20. The van der Waals surface area contributed by atoms with Crippen LogP contribution in [0.4, 0.5) is 0 Å². The summed E-state index contributed by atoms with van der Waals surface area (Å²) in [5.41, 5.74) is 0. The predicted octanol–water partition coefficient (Wildman–Crippen LogP) is -1.01. The summed E-state index contributed by atoms with van der Waals surface area (Å²) in [7, 11) is -3.59. The first-order valence-electron chi connectivity index (χ1n) is 5.85. The molecule has 1 atom stereocenters. The van der Waals surface area contributed by atoms with Crippen LogP contribution < -0.4 is 4.72 Å². The highest BCUT2D eigenvalue weighted by atomic mass is 32.2. The van der Waals surface area contributed by atoms with Crippen LogP contribution in [0.25, 0.3) is 0 Å². The summed E-state index contributed by atoms with van der Waals surface area (Å²) in [6.07, 6.45) is 3.78. The average molecular weight is 275 g/mol. The molecule has 1 aliphatic heterocycles. The Labute approximate surface area is 106 Å². The third kappa shape index (κ3) is 3.05. The predicted molar refractivity (Wildman–Crippen MR) is 63.6 cm³/mol. The zero-order valence-electron chi connectivity index (χ0n) is 9.91. The van der Waals surface area contributed by atoms with E-state index in [9.17, 15) is 13.5 Å². The van der Waals surface area contributed by atoms with Crippen molar-refractivity contribution in [1.82, 2.24) is 24.2 Å². The Hall–Kier alpha value is -1.03. The topological polar surface area (TPSA) is 111 Å². The number of aliphatic hydroxyl groups is 1. The van der Waals surface area contributed by atoms with E-state index in [1.807, 2.05) is 0 Å². The highest BCUT2D eigenvalue weighted by Gasteiger charge is 2.31. The molecule has 0 bridgehead atoms. The summed E-state index contributed by atoms with van der Waals surface area (Å²) in [6, 6.07) is -0.328. The Morgan fingerprint density at radius 2 is 2.39 bits per heavy atom. The molecule has 8 nitrogen and oxygen atoms in total. The first kappa shape index (κ1) is 13.4. The van der Waals surface area contributed by atoms with Gasteiger partial charge in [0.1, 0.15) is 12.2 Å². The molecule has 0 spiro atoms. The number of hydrogen-bond donors (Lipinski definition) is 3. The van der Waals surface area contributed by atoms with Crippen LogP contribution in [0.5, 0.6) is 0 Å². The fourth-order valence-electron chi connectivity index (χ4n) is 2.03. The van der Waals surface area contributed by atoms with Crippen molar-refractivity contribution in [3.63, 3.8) is 0 Å². The molecule has 1 aliphatic rings. The maximum atomic E-state index is 12.1. The molecule has 18 heavy (non-hydrogen) atoms. The molecule has 3 N–H and O–H groups in total. The molecule has 0 amide bonds. The van der Waals surface area contributed by atoms with Gasteiger partial charge in [-0.2, -0.15) is 22.5 Å². The summed E-state index contributed by atoms with van der Waals surface area (Å²) in [6.45, 7) is 0.358. The van der Waals surface area contributed by atoms with Gasteiger partial charge in [-0.15, -0.1) is 0 Å². The number of nitrogens with one attached hydrogen (secondary N) is 2. The van der Waals surface area contributed by atoms with Crippen molar-refractivity contribution in [2.24, 2.45) is 0 Å². The number of hydrogen-bond acceptors (Lipinski definition) is 5. The molecule has 1 saturated heterocycles. The molecule has 9 heteroatoms. The SMILES string of the molecule is O=S(=O)(NCc1ncn[nH]1)N1CCCCC1CO. The molecule has 2 heterocycles.